The van der Waals surface area contributed by atoms with Gasteiger partial charge in [0.05, 0.1) is 12.6 Å². The minimum Gasteiger partial charge on any atom is -0.494 e. The molecule has 0 saturated heterocycles. The lowest BCUT2D eigenvalue weighted by atomic mass is 10.3. The second-order valence-corrected chi connectivity index (χ2v) is 4.05. The van der Waals surface area contributed by atoms with E-state index in [1.54, 1.807) is 13.2 Å². The highest BCUT2D eigenvalue weighted by Crippen LogP contribution is 2.23. The van der Waals surface area contributed by atoms with Crippen LogP contribution in [0, 0.1) is 0 Å². The van der Waals surface area contributed by atoms with Crippen molar-refractivity contribution in [3.8, 4) is 5.75 Å². The highest BCUT2D eigenvalue weighted by Gasteiger charge is 2.08. The van der Waals surface area contributed by atoms with Gasteiger partial charge in [0.2, 0.25) is 0 Å². The van der Waals surface area contributed by atoms with E-state index >= 15 is 0 Å². The Balaban J connectivity index is 2.96. The van der Waals surface area contributed by atoms with Crippen LogP contribution in [-0.2, 0) is 7.05 Å². The Morgan fingerprint density at radius 2 is 2.20 bits per heavy atom. The maximum absolute atomic E-state index is 11.6. The summed E-state index contributed by atoms with van der Waals surface area (Å²) in [5.41, 5.74) is 1.32. The predicted octanol–water partition coefficient (Wildman–Crippen LogP) is 1.70. The number of aryl methyl sites for hydroxylation is 1. The van der Waals surface area contributed by atoms with Gasteiger partial charge in [-0.25, -0.2) is 4.98 Å². The first-order chi connectivity index (χ1) is 7.13. The van der Waals surface area contributed by atoms with Gasteiger partial charge < -0.3 is 9.30 Å². The summed E-state index contributed by atoms with van der Waals surface area (Å²) in [5, 5.41) is 0. The van der Waals surface area contributed by atoms with Gasteiger partial charge in [-0.1, -0.05) is 0 Å². The van der Waals surface area contributed by atoms with Crippen molar-refractivity contribution in [1.82, 2.24) is 9.55 Å². The Morgan fingerprint density at radius 1 is 1.47 bits per heavy atom. The number of methoxy groups -OCH3 is 1. The number of fused-ring (bicyclic) bond motifs is 1. The molecule has 0 aliphatic heterocycles. The Kier molecular flexibility index (Phi) is 2.48. The molecule has 5 heteroatoms. The third-order valence-electron chi connectivity index (χ3n) is 2.23. The molecule has 0 aromatic carbocycles. The minimum absolute atomic E-state index is 0.112. The first-order valence-electron chi connectivity index (χ1n) is 4.33. The zero-order chi connectivity index (χ0) is 11.0. The minimum atomic E-state index is -0.112. The molecule has 0 aliphatic rings. The van der Waals surface area contributed by atoms with Crippen LogP contribution in [0.25, 0.3) is 11.0 Å². The molecule has 2 rings (SSSR count). The third-order valence-corrected chi connectivity index (χ3v) is 2.67. The second kappa shape index (κ2) is 3.66. The summed E-state index contributed by atoms with van der Waals surface area (Å²) in [5.74, 6) is 0.501. The van der Waals surface area contributed by atoms with Crippen molar-refractivity contribution in [2.75, 3.05) is 7.11 Å². The number of ether oxygens (including phenoxy) is 1. The van der Waals surface area contributed by atoms with Gasteiger partial charge in [0.25, 0.3) is 5.56 Å². The Labute approximate surface area is 94.6 Å². The van der Waals surface area contributed by atoms with E-state index in [-0.39, 0.29) is 5.56 Å². The molecule has 4 nitrogen and oxygen atoms in total. The number of nitrogens with zero attached hydrogens (tertiary/aromatic N) is 2. The van der Waals surface area contributed by atoms with Gasteiger partial charge in [-0.15, -0.1) is 0 Å². The van der Waals surface area contributed by atoms with E-state index in [1.807, 2.05) is 6.07 Å². The Hall–Kier alpha value is -1.36. The van der Waals surface area contributed by atoms with Gasteiger partial charge in [0.1, 0.15) is 5.52 Å². The SMILES string of the molecule is COc1cc(=O)n(C)c2cc(Br)cnc12. The van der Waals surface area contributed by atoms with Gasteiger partial charge in [-0.3, -0.25) is 4.79 Å². The van der Waals surface area contributed by atoms with Crippen LogP contribution in [-0.4, -0.2) is 16.7 Å². The van der Waals surface area contributed by atoms with Crippen molar-refractivity contribution in [3.63, 3.8) is 0 Å². The molecule has 0 saturated carbocycles. The summed E-state index contributed by atoms with van der Waals surface area (Å²) in [6.45, 7) is 0. The summed E-state index contributed by atoms with van der Waals surface area (Å²) in [6, 6.07) is 3.27. The third kappa shape index (κ3) is 1.63. The Bertz CT molecular complexity index is 577. The fraction of sp³-hybridized carbons (Fsp3) is 0.200. The number of halogens is 1. The number of hydrogen-bond donors (Lipinski definition) is 0. The van der Waals surface area contributed by atoms with Crippen LogP contribution < -0.4 is 10.3 Å². The lowest BCUT2D eigenvalue weighted by Gasteiger charge is -2.08. The number of aromatic nitrogens is 2. The number of pyridine rings is 2. The van der Waals surface area contributed by atoms with Crippen LogP contribution in [0.1, 0.15) is 0 Å². The molecule has 0 fully saturated rings. The van der Waals surface area contributed by atoms with Gasteiger partial charge in [0, 0.05) is 23.8 Å². The van der Waals surface area contributed by atoms with Crippen molar-refractivity contribution in [2.45, 2.75) is 0 Å². The molecule has 0 N–H and O–H groups in total. The van der Waals surface area contributed by atoms with Crippen molar-refractivity contribution in [1.29, 1.82) is 0 Å². The molecule has 2 heterocycles. The van der Waals surface area contributed by atoms with Gasteiger partial charge in [-0.2, -0.15) is 0 Å². The van der Waals surface area contributed by atoms with Crippen LogP contribution in [0.3, 0.4) is 0 Å². The second-order valence-electron chi connectivity index (χ2n) is 3.13. The first kappa shape index (κ1) is 10.2. The fourth-order valence-corrected chi connectivity index (χ4v) is 1.74. The maximum atomic E-state index is 11.6. The van der Waals surface area contributed by atoms with E-state index in [2.05, 4.69) is 20.9 Å². The molecule has 0 amide bonds. The number of hydrogen-bond acceptors (Lipinski definition) is 3. The molecule has 0 aliphatic carbocycles. The zero-order valence-corrected chi connectivity index (χ0v) is 9.91. The zero-order valence-electron chi connectivity index (χ0n) is 8.32. The summed E-state index contributed by atoms with van der Waals surface area (Å²) in [4.78, 5) is 15.8. The van der Waals surface area contributed by atoms with Gasteiger partial charge in [0.15, 0.2) is 5.75 Å². The van der Waals surface area contributed by atoms with Crippen LogP contribution in [0.2, 0.25) is 0 Å². The molecule has 15 heavy (non-hydrogen) atoms. The smallest absolute Gasteiger partial charge is 0.254 e. The fourth-order valence-electron chi connectivity index (χ4n) is 1.43. The lowest BCUT2D eigenvalue weighted by molar-refractivity contribution is 0.417. The van der Waals surface area contributed by atoms with E-state index in [4.69, 9.17) is 4.74 Å². The standard InChI is InChI=1S/C10H9BrN2O2/c1-13-7-3-6(11)5-12-10(7)8(15-2)4-9(13)14/h3-5H,1-2H3. The van der Waals surface area contributed by atoms with Crippen LogP contribution in [0.5, 0.6) is 5.75 Å². The normalized spacial score (nSPS) is 10.6. The summed E-state index contributed by atoms with van der Waals surface area (Å²) < 4.78 is 7.48. The maximum Gasteiger partial charge on any atom is 0.254 e. The number of rotatable bonds is 1. The van der Waals surface area contributed by atoms with E-state index in [9.17, 15) is 4.79 Å². The average molecular weight is 269 g/mol. The summed E-state index contributed by atoms with van der Waals surface area (Å²) in [6.07, 6.45) is 1.68. The lowest BCUT2D eigenvalue weighted by Crippen LogP contribution is -2.16. The van der Waals surface area contributed by atoms with Crippen LogP contribution in [0.15, 0.2) is 27.6 Å². The van der Waals surface area contributed by atoms with Crippen molar-refractivity contribution >= 4 is 27.0 Å². The van der Waals surface area contributed by atoms with Crippen molar-refractivity contribution in [3.05, 3.63) is 33.2 Å². The van der Waals surface area contributed by atoms with Crippen LogP contribution >= 0.6 is 15.9 Å². The molecule has 0 atom stereocenters. The molecule has 0 radical (unpaired) electrons. The molecule has 78 valence electrons. The quantitative estimate of drug-likeness (QED) is 0.791. The Morgan fingerprint density at radius 3 is 2.87 bits per heavy atom. The first-order valence-corrected chi connectivity index (χ1v) is 5.12. The molecule has 2 aromatic heterocycles. The molecule has 0 unspecified atom stereocenters. The van der Waals surface area contributed by atoms with Gasteiger partial charge >= 0.3 is 0 Å². The van der Waals surface area contributed by atoms with E-state index < -0.39 is 0 Å². The van der Waals surface area contributed by atoms with E-state index in [0.29, 0.717) is 11.3 Å². The molecular formula is C10H9BrN2O2. The largest absolute Gasteiger partial charge is 0.494 e. The monoisotopic (exact) mass is 268 g/mol. The average Bonchev–Trinajstić information content (AvgIpc) is 2.23. The summed E-state index contributed by atoms with van der Waals surface area (Å²) >= 11 is 3.32. The molecule has 0 spiro atoms. The van der Waals surface area contributed by atoms with Crippen LogP contribution in [0.4, 0.5) is 0 Å². The van der Waals surface area contributed by atoms with Crippen molar-refractivity contribution in [2.24, 2.45) is 7.05 Å². The van der Waals surface area contributed by atoms with E-state index in [1.165, 1.54) is 17.7 Å². The molecule has 2 aromatic rings. The predicted molar refractivity (Wildman–Crippen MR) is 61.2 cm³/mol. The van der Waals surface area contributed by atoms with E-state index in [0.717, 1.165) is 9.99 Å². The topological polar surface area (TPSA) is 44.1 Å². The van der Waals surface area contributed by atoms with Crippen molar-refractivity contribution < 1.29 is 4.74 Å². The molecule has 0 bridgehead atoms. The highest BCUT2D eigenvalue weighted by atomic mass is 79.9. The highest BCUT2D eigenvalue weighted by molar-refractivity contribution is 9.10. The molecular weight excluding hydrogens is 260 g/mol. The van der Waals surface area contributed by atoms with Gasteiger partial charge in [-0.05, 0) is 22.0 Å². The summed E-state index contributed by atoms with van der Waals surface area (Å²) in [7, 11) is 3.23.